The Morgan fingerprint density at radius 3 is 2.51 bits per heavy atom. The van der Waals surface area contributed by atoms with Crippen molar-refractivity contribution in [3.63, 3.8) is 0 Å². The molecule has 9 nitrogen and oxygen atoms in total. The van der Waals surface area contributed by atoms with E-state index < -0.39 is 35.8 Å². The second-order valence-electron chi connectivity index (χ2n) is 8.11. The predicted octanol–water partition coefficient (Wildman–Crippen LogP) is 3.11. The lowest BCUT2D eigenvalue weighted by Gasteiger charge is -2.25. The average molecular weight is 502 g/mol. The first-order valence-electron chi connectivity index (χ1n) is 11.2. The largest absolute Gasteiger partial charge is 0.496 e. The number of carbonyl (C=O) groups is 4. The third-order valence-electron chi connectivity index (χ3n) is 5.86. The third-order valence-corrected chi connectivity index (χ3v) is 6.09. The van der Waals surface area contributed by atoms with Crippen LogP contribution in [0, 0.1) is 5.92 Å². The fourth-order valence-corrected chi connectivity index (χ4v) is 4.14. The zero-order valence-corrected chi connectivity index (χ0v) is 20.6. The lowest BCUT2D eigenvalue weighted by atomic mass is 9.97. The van der Waals surface area contributed by atoms with E-state index in [9.17, 15) is 19.2 Å². The molecule has 1 aliphatic heterocycles. The Balaban J connectivity index is 1.78. The molecule has 0 radical (unpaired) electrons. The molecule has 1 fully saturated rings. The summed E-state index contributed by atoms with van der Waals surface area (Å²) in [6.45, 7) is 1.58. The molecule has 0 spiro atoms. The molecule has 10 heteroatoms. The van der Waals surface area contributed by atoms with Gasteiger partial charge in [0.25, 0.3) is 0 Å². The van der Waals surface area contributed by atoms with Crippen molar-refractivity contribution in [2.24, 2.45) is 5.92 Å². The summed E-state index contributed by atoms with van der Waals surface area (Å²) in [4.78, 5) is 51.4. The van der Waals surface area contributed by atoms with Gasteiger partial charge in [0.2, 0.25) is 11.8 Å². The molecule has 1 heterocycles. The van der Waals surface area contributed by atoms with Gasteiger partial charge in [-0.3, -0.25) is 14.5 Å². The second-order valence-corrected chi connectivity index (χ2v) is 8.55. The normalized spacial score (nSPS) is 16.7. The van der Waals surface area contributed by atoms with E-state index in [0.717, 1.165) is 10.5 Å². The highest BCUT2D eigenvalue weighted by atomic mass is 35.5. The van der Waals surface area contributed by atoms with E-state index in [0.29, 0.717) is 28.3 Å². The highest BCUT2D eigenvalue weighted by Gasteiger charge is 2.35. The zero-order chi connectivity index (χ0) is 25.5. The lowest BCUT2D eigenvalue weighted by Crippen LogP contribution is -2.48. The standard InChI is InChI=1S/C25H28ClN3O6/c1-4-20(15-5-7-16(8-6-15)24(32)35-3)28-25(33)29-14-22(30)27-13-18(23(29)31)11-17-12-19(26)9-10-21(17)34-2/h5-10,12,18,20H,4,11,13-14H2,1-3H3,(H,27,30)(H,28,33). The number of nitrogens with zero attached hydrogens (tertiary/aromatic N) is 1. The molecule has 2 N–H and O–H groups in total. The van der Waals surface area contributed by atoms with Gasteiger partial charge in [0.1, 0.15) is 12.3 Å². The number of urea groups is 1. The molecule has 2 unspecified atom stereocenters. The van der Waals surface area contributed by atoms with Crippen LogP contribution < -0.4 is 15.4 Å². The molecule has 2 aromatic carbocycles. The molecule has 186 valence electrons. The van der Waals surface area contributed by atoms with Crippen molar-refractivity contribution < 1.29 is 28.7 Å². The number of methoxy groups -OCH3 is 2. The molecule has 0 aromatic heterocycles. The molecule has 0 bridgehead atoms. The van der Waals surface area contributed by atoms with E-state index >= 15 is 0 Å². The van der Waals surface area contributed by atoms with Crippen LogP contribution in [0.3, 0.4) is 0 Å². The van der Waals surface area contributed by atoms with Gasteiger partial charge in [-0.1, -0.05) is 30.7 Å². The van der Waals surface area contributed by atoms with Crippen molar-refractivity contribution in [3.05, 3.63) is 64.2 Å². The number of imide groups is 1. The van der Waals surface area contributed by atoms with Crippen molar-refractivity contribution in [2.45, 2.75) is 25.8 Å². The quantitative estimate of drug-likeness (QED) is 0.563. The maximum Gasteiger partial charge on any atom is 0.337 e. The van der Waals surface area contributed by atoms with Crippen molar-refractivity contribution in [1.29, 1.82) is 0 Å². The first-order valence-corrected chi connectivity index (χ1v) is 11.5. The number of benzene rings is 2. The number of ether oxygens (including phenoxy) is 2. The first kappa shape index (κ1) is 26.0. The molecule has 4 amide bonds. The lowest BCUT2D eigenvalue weighted by molar-refractivity contribution is -0.133. The highest BCUT2D eigenvalue weighted by Crippen LogP contribution is 2.26. The van der Waals surface area contributed by atoms with Crippen molar-refractivity contribution in [2.75, 3.05) is 27.3 Å². The van der Waals surface area contributed by atoms with Crippen LogP contribution in [-0.4, -0.2) is 56.0 Å². The second kappa shape index (κ2) is 11.7. The van der Waals surface area contributed by atoms with Crippen LogP contribution in [0.1, 0.15) is 40.9 Å². The molecule has 0 saturated carbocycles. The number of halogens is 1. The van der Waals surface area contributed by atoms with Crippen LogP contribution in [0.25, 0.3) is 0 Å². The monoisotopic (exact) mass is 501 g/mol. The predicted molar refractivity (Wildman–Crippen MR) is 129 cm³/mol. The number of amides is 4. The number of hydrogen-bond donors (Lipinski definition) is 2. The molecule has 35 heavy (non-hydrogen) atoms. The van der Waals surface area contributed by atoms with E-state index in [1.165, 1.54) is 14.2 Å². The van der Waals surface area contributed by atoms with Crippen molar-refractivity contribution >= 4 is 35.4 Å². The summed E-state index contributed by atoms with van der Waals surface area (Å²) in [6, 6.07) is 10.6. The Labute approximate surface area is 208 Å². The molecule has 3 rings (SSSR count). The maximum atomic E-state index is 13.3. The molecule has 2 aromatic rings. The summed E-state index contributed by atoms with van der Waals surface area (Å²) in [5, 5.41) is 6.03. The number of carbonyl (C=O) groups excluding carboxylic acids is 4. The van der Waals surface area contributed by atoms with Crippen LogP contribution in [0.5, 0.6) is 5.75 Å². The molecule has 0 aliphatic carbocycles. The summed E-state index contributed by atoms with van der Waals surface area (Å²) in [6.07, 6.45) is 0.763. The highest BCUT2D eigenvalue weighted by molar-refractivity contribution is 6.30. The molecule has 1 saturated heterocycles. The number of nitrogens with one attached hydrogen (secondary N) is 2. The minimum absolute atomic E-state index is 0.0866. The maximum absolute atomic E-state index is 13.3. The minimum atomic E-state index is -0.681. The van der Waals surface area contributed by atoms with E-state index in [4.69, 9.17) is 21.1 Å². The third kappa shape index (κ3) is 6.30. The SMILES string of the molecule is CCC(NC(=O)N1CC(=O)NCC(Cc2cc(Cl)ccc2OC)C1=O)c1ccc(C(=O)OC)cc1. The Kier molecular flexibility index (Phi) is 8.70. The van der Waals surface area contributed by atoms with Crippen molar-refractivity contribution in [3.8, 4) is 5.75 Å². The summed E-state index contributed by atoms with van der Waals surface area (Å²) in [7, 11) is 2.82. The van der Waals surface area contributed by atoms with Crippen molar-refractivity contribution in [1.82, 2.24) is 15.5 Å². The van der Waals surface area contributed by atoms with Gasteiger partial charge in [0.05, 0.1) is 31.7 Å². The number of rotatable bonds is 7. The van der Waals surface area contributed by atoms with Crippen LogP contribution in [-0.2, 0) is 20.7 Å². The molecule has 1 aliphatic rings. The molecular formula is C25H28ClN3O6. The summed E-state index contributed by atoms with van der Waals surface area (Å²) in [5.74, 6) is -1.48. The minimum Gasteiger partial charge on any atom is -0.496 e. The van der Waals surface area contributed by atoms with E-state index in [2.05, 4.69) is 10.6 Å². The summed E-state index contributed by atoms with van der Waals surface area (Å²) >= 11 is 6.12. The van der Waals surface area contributed by atoms with Gasteiger partial charge in [-0.05, 0) is 54.3 Å². The first-order chi connectivity index (χ1) is 16.8. The van der Waals surface area contributed by atoms with E-state index in [1.807, 2.05) is 6.92 Å². The van der Waals surface area contributed by atoms with Gasteiger partial charge < -0.3 is 20.1 Å². The summed E-state index contributed by atoms with van der Waals surface area (Å²) < 4.78 is 10.1. The smallest absolute Gasteiger partial charge is 0.337 e. The Hall–Kier alpha value is -3.59. The van der Waals surface area contributed by atoms with Gasteiger partial charge in [-0.15, -0.1) is 0 Å². The Morgan fingerprint density at radius 2 is 1.89 bits per heavy atom. The van der Waals surface area contributed by atoms with E-state index in [1.54, 1.807) is 42.5 Å². The molecule has 2 atom stereocenters. The van der Waals surface area contributed by atoms with Gasteiger partial charge >= 0.3 is 12.0 Å². The zero-order valence-electron chi connectivity index (χ0n) is 19.8. The van der Waals surface area contributed by atoms with Gasteiger partial charge in [0, 0.05) is 11.6 Å². The van der Waals surface area contributed by atoms with Crippen LogP contribution in [0.4, 0.5) is 4.79 Å². The van der Waals surface area contributed by atoms with Gasteiger partial charge in [-0.2, -0.15) is 0 Å². The van der Waals surface area contributed by atoms with Crippen LogP contribution >= 0.6 is 11.6 Å². The Bertz CT molecular complexity index is 1100. The van der Waals surface area contributed by atoms with Crippen LogP contribution in [0.2, 0.25) is 5.02 Å². The summed E-state index contributed by atoms with van der Waals surface area (Å²) in [5.41, 5.74) is 1.84. The van der Waals surface area contributed by atoms with Gasteiger partial charge in [0.15, 0.2) is 0 Å². The van der Waals surface area contributed by atoms with Gasteiger partial charge in [-0.25, -0.2) is 9.59 Å². The number of hydrogen-bond acceptors (Lipinski definition) is 6. The van der Waals surface area contributed by atoms with E-state index in [-0.39, 0.29) is 19.5 Å². The van der Waals surface area contributed by atoms with Crippen LogP contribution in [0.15, 0.2) is 42.5 Å². The Morgan fingerprint density at radius 1 is 1.17 bits per heavy atom. The average Bonchev–Trinajstić information content (AvgIpc) is 3.00. The number of esters is 1. The fourth-order valence-electron chi connectivity index (χ4n) is 3.94. The topological polar surface area (TPSA) is 114 Å². The fraction of sp³-hybridized carbons (Fsp3) is 0.360. The molecular weight excluding hydrogens is 474 g/mol.